The fourth-order valence-electron chi connectivity index (χ4n) is 2.85. The largest absolute Gasteiger partial charge is 0.478 e. The number of carboxylic acid groups (broad SMARTS) is 1. The molecule has 0 spiro atoms. The first-order valence-electron chi connectivity index (χ1n) is 7.53. The number of hydrogen-bond acceptors (Lipinski definition) is 2. The van der Waals surface area contributed by atoms with E-state index >= 15 is 0 Å². The number of aromatic carboxylic acids is 1. The molecular weight excluding hydrogens is 274 g/mol. The summed E-state index contributed by atoms with van der Waals surface area (Å²) in [5, 5.41) is 11.1. The van der Waals surface area contributed by atoms with Crippen molar-refractivity contribution in [3.05, 3.63) is 41.0 Å². The summed E-state index contributed by atoms with van der Waals surface area (Å²) in [5.74, 6) is -0.944. The molecule has 2 aromatic carbocycles. The van der Waals surface area contributed by atoms with Crippen molar-refractivity contribution in [3.8, 4) is 0 Å². The van der Waals surface area contributed by atoms with E-state index in [1.165, 1.54) is 17.2 Å². The fourth-order valence-corrected chi connectivity index (χ4v) is 2.85. The maximum absolute atomic E-state index is 11.6. The highest BCUT2D eigenvalue weighted by Gasteiger charge is 2.26. The Morgan fingerprint density at radius 2 is 1.41 bits per heavy atom. The number of hydrogen-bond donors (Lipinski definition) is 2. The summed E-state index contributed by atoms with van der Waals surface area (Å²) < 4.78 is 0. The molecular formula is C19H25NO2. The highest BCUT2D eigenvalue weighted by Crippen LogP contribution is 2.38. The van der Waals surface area contributed by atoms with Crippen LogP contribution in [0.1, 0.15) is 63.0 Å². The van der Waals surface area contributed by atoms with Gasteiger partial charge in [0, 0.05) is 5.69 Å². The fraction of sp³-hybridized carbons (Fsp3) is 0.421. The molecule has 0 aliphatic carbocycles. The van der Waals surface area contributed by atoms with Gasteiger partial charge in [0.25, 0.3) is 0 Å². The standard InChI is InChI=1S/C19H25NO2/c1-18(2,3)15-8-11-7-12(20)9-14(17(21)22)13(11)10-16(15)19(4,5)6/h7-10H,20H2,1-6H3,(H,21,22). The zero-order chi connectivity index (χ0) is 16.9. The number of nitrogens with two attached hydrogens (primary N) is 1. The number of nitrogen functional groups attached to an aromatic ring is 1. The number of carboxylic acids is 1. The zero-order valence-corrected chi connectivity index (χ0v) is 14.2. The Balaban J connectivity index is 2.96. The number of anilines is 1. The minimum Gasteiger partial charge on any atom is -0.478 e. The van der Waals surface area contributed by atoms with Gasteiger partial charge < -0.3 is 10.8 Å². The van der Waals surface area contributed by atoms with Crippen LogP contribution in [-0.2, 0) is 10.8 Å². The Bertz CT molecular complexity index is 747. The maximum atomic E-state index is 11.6. The lowest BCUT2D eigenvalue weighted by Crippen LogP contribution is -2.22. The normalized spacial score (nSPS) is 12.6. The van der Waals surface area contributed by atoms with Gasteiger partial charge >= 0.3 is 5.97 Å². The zero-order valence-electron chi connectivity index (χ0n) is 14.2. The van der Waals surface area contributed by atoms with Gasteiger partial charge in [0.15, 0.2) is 0 Å². The molecule has 0 amide bonds. The third-order valence-electron chi connectivity index (χ3n) is 3.96. The van der Waals surface area contributed by atoms with Crippen molar-refractivity contribution < 1.29 is 9.90 Å². The van der Waals surface area contributed by atoms with Gasteiger partial charge in [-0.3, -0.25) is 0 Å². The van der Waals surface area contributed by atoms with Crippen LogP contribution in [0.2, 0.25) is 0 Å². The van der Waals surface area contributed by atoms with Crippen LogP contribution in [0.15, 0.2) is 24.3 Å². The lowest BCUT2D eigenvalue weighted by Gasteiger charge is -2.31. The monoisotopic (exact) mass is 299 g/mol. The maximum Gasteiger partial charge on any atom is 0.336 e. The molecule has 0 radical (unpaired) electrons. The van der Waals surface area contributed by atoms with Gasteiger partial charge in [0.05, 0.1) is 5.56 Å². The van der Waals surface area contributed by atoms with Crippen LogP contribution >= 0.6 is 0 Å². The molecule has 0 aliphatic heterocycles. The van der Waals surface area contributed by atoms with Crippen LogP contribution in [0.3, 0.4) is 0 Å². The highest BCUT2D eigenvalue weighted by atomic mass is 16.4. The number of benzene rings is 2. The molecule has 3 heteroatoms. The van der Waals surface area contributed by atoms with Crippen molar-refractivity contribution in [1.29, 1.82) is 0 Å². The molecule has 0 aromatic heterocycles. The van der Waals surface area contributed by atoms with Crippen LogP contribution in [0.25, 0.3) is 10.8 Å². The molecule has 2 rings (SSSR count). The topological polar surface area (TPSA) is 63.3 Å². The summed E-state index contributed by atoms with van der Waals surface area (Å²) in [5.41, 5.74) is 8.95. The van der Waals surface area contributed by atoms with Crippen molar-refractivity contribution in [1.82, 2.24) is 0 Å². The van der Waals surface area contributed by atoms with E-state index in [9.17, 15) is 9.90 Å². The van der Waals surface area contributed by atoms with Crippen LogP contribution in [0.5, 0.6) is 0 Å². The Labute approximate surface area is 132 Å². The molecule has 0 saturated carbocycles. The molecule has 0 fully saturated rings. The molecule has 118 valence electrons. The molecule has 3 N–H and O–H groups in total. The molecule has 0 heterocycles. The van der Waals surface area contributed by atoms with Crippen molar-refractivity contribution in [3.63, 3.8) is 0 Å². The Hall–Kier alpha value is -2.03. The molecule has 0 unspecified atom stereocenters. The highest BCUT2D eigenvalue weighted by molar-refractivity contribution is 6.05. The first kappa shape index (κ1) is 16.3. The summed E-state index contributed by atoms with van der Waals surface area (Å²) in [6.07, 6.45) is 0. The van der Waals surface area contributed by atoms with Crippen LogP contribution in [0.4, 0.5) is 5.69 Å². The molecule has 3 nitrogen and oxygen atoms in total. The third kappa shape index (κ3) is 2.94. The van der Waals surface area contributed by atoms with E-state index in [1.54, 1.807) is 0 Å². The second-order valence-corrected chi connectivity index (χ2v) is 7.99. The minimum absolute atomic E-state index is 0.0230. The second-order valence-electron chi connectivity index (χ2n) is 7.99. The van der Waals surface area contributed by atoms with E-state index in [0.29, 0.717) is 5.69 Å². The van der Waals surface area contributed by atoms with Crippen LogP contribution < -0.4 is 5.73 Å². The average molecular weight is 299 g/mol. The van der Waals surface area contributed by atoms with Crippen molar-refractivity contribution in [2.75, 3.05) is 5.73 Å². The first-order chi connectivity index (χ1) is 9.91. The third-order valence-corrected chi connectivity index (χ3v) is 3.96. The van der Waals surface area contributed by atoms with Gasteiger partial charge in [0.1, 0.15) is 0 Å². The number of carbonyl (C=O) groups is 1. The Morgan fingerprint density at radius 3 is 1.86 bits per heavy atom. The Morgan fingerprint density at radius 1 is 0.909 bits per heavy atom. The van der Waals surface area contributed by atoms with E-state index in [0.717, 1.165) is 10.8 Å². The predicted octanol–water partition coefficient (Wildman–Crippen LogP) is 4.72. The molecule has 0 atom stereocenters. The number of rotatable bonds is 1. The molecule has 2 aromatic rings. The van der Waals surface area contributed by atoms with Crippen molar-refractivity contribution in [2.45, 2.75) is 52.4 Å². The minimum atomic E-state index is -0.944. The molecule has 0 bridgehead atoms. The first-order valence-corrected chi connectivity index (χ1v) is 7.53. The van der Waals surface area contributed by atoms with Gasteiger partial charge in [0.2, 0.25) is 0 Å². The van der Waals surface area contributed by atoms with Gasteiger partial charge in [-0.15, -0.1) is 0 Å². The summed E-state index contributed by atoms with van der Waals surface area (Å²) in [7, 11) is 0. The predicted molar refractivity (Wildman–Crippen MR) is 92.7 cm³/mol. The van der Waals surface area contributed by atoms with Crippen molar-refractivity contribution in [2.24, 2.45) is 0 Å². The summed E-state index contributed by atoms with van der Waals surface area (Å²) in [6, 6.07) is 7.51. The van der Waals surface area contributed by atoms with Crippen LogP contribution in [-0.4, -0.2) is 11.1 Å². The van der Waals surface area contributed by atoms with E-state index < -0.39 is 5.97 Å². The number of fused-ring (bicyclic) bond motifs is 1. The Kier molecular flexibility index (Phi) is 3.72. The molecule has 22 heavy (non-hydrogen) atoms. The lowest BCUT2D eigenvalue weighted by molar-refractivity contribution is 0.0699. The van der Waals surface area contributed by atoms with Gasteiger partial charge in [-0.05, 0) is 50.9 Å². The van der Waals surface area contributed by atoms with Gasteiger partial charge in [-0.2, -0.15) is 0 Å². The van der Waals surface area contributed by atoms with E-state index in [2.05, 4.69) is 47.6 Å². The van der Waals surface area contributed by atoms with Gasteiger partial charge in [-0.1, -0.05) is 47.6 Å². The smallest absolute Gasteiger partial charge is 0.336 e. The average Bonchev–Trinajstić information content (AvgIpc) is 2.33. The van der Waals surface area contributed by atoms with E-state index in [4.69, 9.17) is 5.73 Å². The van der Waals surface area contributed by atoms with Gasteiger partial charge in [-0.25, -0.2) is 4.79 Å². The van der Waals surface area contributed by atoms with E-state index in [1.807, 2.05) is 12.1 Å². The molecule has 0 aliphatic rings. The SMILES string of the molecule is CC(C)(C)c1cc2cc(N)cc(C(=O)O)c2cc1C(C)(C)C. The summed E-state index contributed by atoms with van der Waals surface area (Å²) in [4.78, 5) is 11.6. The van der Waals surface area contributed by atoms with Crippen molar-refractivity contribution >= 4 is 22.4 Å². The summed E-state index contributed by atoms with van der Waals surface area (Å²) >= 11 is 0. The second kappa shape index (κ2) is 5.01. The van der Waals surface area contributed by atoms with E-state index in [-0.39, 0.29) is 16.4 Å². The van der Waals surface area contributed by atoms with Crippen LogP contribution in [0, 0.1) is 0 Å². The lowest BCUT2D eigenvalue weighted by atomic mass is 9.74. The molecule has 0 saturated heterocycles. The quantitative estimate of drug-likeness (QED) is 0.749. The summed E-state index contributed by atoms with van der Waals surface area (Å²) in [6.45, 7) is 13.0.